The third-order valence-electron chi connectivity index (χ3n) is 2.44. The first-order chi connectivity index (χ1) is 7.56. The topological polar surface area (TPSA) is 115 Å². The van der Waals surface area contributed by atoms with Crippen molar-refractivity contribution < 1.29 is 9.59 Å². The minimum atomic E-state index is -0.261. The van der Waals surface area contributed by atoms with Crippen molar-refractivity contribution in [3.05, 3.63) is 0 Å². The molecule has 0 spiro atoms. The summed E-state index contributed by atoms with van der Waals surface area (Å²) in [5, 5.41) is 9.83. The molecule has 0 bridgehead atoms. The van der Waals surface area contributed by atoms with Crippen LogP contribution in [0.2, 0.25) is 0 Å². The van der Waals surface area contributed by atoms with Crippen LogP contribution in [0, 0.1) is 5.41 Å². The van der Waals surface area contributed by atoms with Gasteiger partial charge in [0.1, 0.15) is 13.1 Å². The Morgan fingerprint density at radius 3 is 2.50 bits per heavy atom. The molecule has 8 heteroatoms. The van der Waals surface area contributed by atoms with Gasteiger partial charge in [-0.15, -0.1) is 0 Å². The lowest BCUT2D eigenvalue weighted by molar-refractivity contribution is -0.119. The number of rotatable bonds is 3. The van der Waals surface area contributed by atoms with E-state index in [1.807, 2.05) is 0 Å². The van der Waals surface area contributed by atoms with Crippen LogP contribution >= 0.6 is 0 Å². The number of amides is 2. The molecule has 1 saturated heterocycles. The van der Waals surface area contributed by atoms with E-state index >= 15 is 0 Å². The van der Waals surface area contributed by atoms with Crippen LogP contribution < -0.4 is 11.1 Å². The van der Waals surface area contributed by atoms with Gasteiger partial charge in [0.05, 0.1) is 0 Å². The zero-order chi connectivity index (χ0) is 11.7. The normalized spacial score (nSPS) is 20.5. The third kappa shape index (κ3) is 1.95. The van der Waals surface area contributed by atoms with Crippen molar-refractivity contribution in [3.63, 3.8) is 0 Å². The number of nitrogens with two attached hydrogens (primary N) is 1. The average molecular weight is 224 g/mol. The summed E-state index contributed by atoms with van der Waals surface area (Å²) in [6.07, 6.45) is 0. The Balaban J connectivity index is 1.85. The van der Waals surface area contributed by atoms with Gasteiger partial charge >= 0.3 is 0 Å². The predicted octanol–water partition coefficient (Wildman–Crippen LogP) is -2.49. The molecule has 2 heterocycles. The minimum Gasteiger partial charge on any atom is -0.369 e. The smallest absolute Gasteiger partial charge is 0.268 e. The lowest BCUT2D eigenvalue weighted by atomic mass is 10.4. The van der Waals surface area contributed by atoms with Crippen LogP contribution in [0.4, 0.5) is 0 Å². The predicted molar refractivity (Wildman–Crippen MR) is 55.6 cm³/mol. The average Bonchev–Trinajstić information content (AvgIpc) is 2.66. The molecule has 4 N–H and O–H groups in total. The van der Waals surface area contributed by atoms with Gasteiger partial charge < -0.3 is 15.5 Å². The maximum absolute atomic E-state index is 11.0. The molecule has 86 valence electrons. The summed E-state index contributed by atoms with van der Waals surface area (Å²) < 4.78 is 0. The van der Waals surface area contributed by atoms with Gasteiger partial charge in [0.15, 0.2) is 11.9 Å². The van der Waals surface area contributed by atoms with Gasteiger partial charge in [0, 0.05) is 13.1 Å². The summed E-state index contributed by atoms with van der Waals surface area (Å²) in [6.45, 7) is 1.28. The Kier molecular flexibility index (Phi) is 2.47. The molecular formula is C8H12N6O2. The van der Waals surface area contributed by atoms with Crippen LogP contribution in [0.25, 0.3) is 0 Å². The molecule has 2 aliphatic heterocycles. The van der Waals surface area contributed by atoms with Crippen molar-refractivity contribution in [1.82, 2.24) is 15.1 Å². The zero-order valence-electron chi connectivity index (χ0n) is 8.56. The first-order valence-corrected chi connectivity index (χ1v) is 4.81. The summed E-state index contributed by atoms with van der Waals surface area (Å²) in [6, 6.07) is 0. The fourth-order valence-electron chi connectivity index (χ4n) is 1.61. The zero-order valence-corrected chi connectivity index (χ0v) is 8.56. The largest absolute Gasteiger partial charge is 0.369 e. The van der Waals surface area contributed by atoms with E-state index in [1.165, 1.54) is 0 Å². The highest BCUT2D eigenvalue weighted by atomic mass is 16.2. The summed E-state index contributed by atoms with van der Waals surface area (Å²) in [5.41, 5.74) is 5.52. The monoisotopic (exact) mass is 224 g/mol. The Morgan fingerprint density at radius 2 is 2.00 bits per heavy atom. The summed E-state index contributed by atoms with van der Waals surface area (Å²) >= 11 is 0. The Hall–Kier alpha value is -2.12. The lowest BCUT2D eigenvalue weighted by Gasteiger charge is -2.21. The van der Waals surface area contributed by atoms with Gasteiger partial charge in [-0.1, -0.05) is 0 Å². The second-order valence-electron chi connectivity index (χ2n) is 3.60. The second-order valence-corrected chi connectivity index (χ2v) is 3.60. The SMILES string of the molecule is N=C1NC(=O)CN1CCN1CC(=O)N=C1N. The molecule has 0 unspecified atom stereocenters. The first kappa shape index (κ1) is 10.4. The van der Waals surface area contributed by atoms with Crippen molar-refractivity contribution in [2.75, 3.05) is 26.2 Å². The number of nitrogens with one attached hydrogen (secondary N) is 2. The van der Waals surface area contributed by atoms with E-state index in [9.17, 15) is 9.59 Å². The molecule has 2 rings (SSSR count). The number of nitrogens with zero attached hydrogens (tertiary/aromatic N) is 3. The third-order valence-corrected chi connectivity index (χ3v) is 2.44. The molecular weight excluding hydrogens is 212 g/mol. The number of guanidine groups is 2. The van der Waals surface area contributed by atoms with Crippen molar-refractivity contribution in [2.45, 2.75) is 0 Å². The van der Waals surface area contributed by atoms with Gasteiger partial charge in [-0.05, 0) is 0 Å². The lowest BCUT2D eigenvalue weighted by Crippen LogP contribution is -2.41. The Labute approximate surface area is 91.6 Å². The maximum atomic E-state index is 11.0. The molecule has 0 aliphatic carbocycles. The molecule has 0 saturated carbocycles. The fourth-order valence-corrected chi connectivity index (χ4v) is 1.61. The number of carbonyl (C=O) groups excluding carboxylic acids is 2. The van der Waals surface area contributed by atoms with E-state index in [0.717, 1.165) is 0 Å². The van der Waals surface area contributed by atoms with Gasteiger partial charge in [0.25, 0.3) is 5.91 Å². The van der Waals surface area contributed by atoms with Crippen LogP contribution in [0.3, 0.4) is 0 Å². The molecule has 1 fully saturated rings. The van der Waals surface area contributed by atoms with Gasteiger partial charge in [-0.2, -0.15) is 4.99 Å². The van der Waals surface area contributed by atoms with Gasteiger partial charge in [-0.25, -0.2) is 0 Å². The van der Waals surface area contributed by atoms with Crippen LogP contribution in [0.5, 0.6) is 0 Å². The van der Waals surface area contributed by atoms with E-state index in [1.54, 1.807) is 9.80 Å². The quantitative estimate of drug-likeness (QED) is 0.490. The van der Waals surface area contributed by atoms with E-state index in [4.69, 9.17) is 11.1 Å². The van der Waals surface area contributed by atoms with Crippen molar-refractivity contribution >= 4 is 23.7 Å². The van der Waals surface area contributed by atoms with E-state index in [-0.39, 0.29) is 36.8 Å². The van der Waals surface area contributed by atoms with Crippen molar-refractivity contribution in [3.8, 4) is 0 Å². The summed E-state index contributed by atoms with van der Waals surface area (Å²) in [7, 11) is 0. The van der Waals surface area contributed by atoms with Crippen molar-refractivity contribution in [2.24, 2.45) is 10.7 Å². The number of hydrogen-bond acceptors (Lipinski definition) is 5. The highest BCUT2D eigenvalue weighted by molar-refractivity contribution is 6.03. The van der Waals surface area contributed by atoms with Crippen LogP contribution in [-0.4, -0.2) is 59.7 Å². The molecule has 0 aromatic carbocycles. The highest BCUT2D eigenvalue weighted by Crippen LogP contribution is 2.02. The standard InChI is InChI=1S/C8H12N6O2/c9-7-11-5(15)3-13(7)1-2-14-4-6(16)12-8(14)10/h1-4H2,(H2,9,11,15)(H2,10,12,16). The molecule has 0 aromatic rings. The minimum absolute atomic E-state index is 0.0889. The number of aliphatic imine (C=N–C) groups is 1. The van der Waals surface area contributed by atoms with Crippen LogP contribution in [0.15, 0.2) is 4.99 Å². The van der Waals surface area contributed by atoms with E-state index in [2.05, 4.69) is 10.3 Å². The Morgan fingerprint density at radius 1 is 1.31 bits per heavy atom. The number of carbonyl (C=O) groups is 2. The van der Waals surface area contributed by atoms with E-state index < -0.39 is 0 Å². The van der Waals surface area contributed by atoms with Crippen LogP contribution in [-0.2, 0) is 9.59 Å². The molecule has 0 aromatic heterocycles. The molecule has 2 aliphatic rings. The first-order valence-electron chi connectivity index (χ1n) is 4.81. The van der Waals surface area contributed by atoms with Crippen molar-refractivity contribution in [1.29, 1.82) is 5.41 Å². The maximum Gasteiger partial charge on any atom is 0.268 e. The van der Waals surface area contributed by atoms with Crippen LogP contribution in [0.1, 0.15) is 0 Å². The summed E-state index contributed by atoms with van der Waals surface area (Å²) in [4.78, 5) is 28.7. The molecule has 8 nitrogen and oxygen atoms in total. The highest BCUT2D eigenvalue weighted by Gasteiger charge is 2.26. The molecule has 0 radical (unpaired) electrons. The fraction of sp³-hybridized carbons (Fsp3) is 0.500. The molecule has 0 atom stereocenters. The second kappa shape index (κ2) is 3.80. The Bertz CT molecular complexity index is 388. The van der Waals surface area contributed by atoms with Gasteiger partial charge in [0.2, 0.25) is 5.91 Å². The van der Waals surface area contributed by atoms with Gasteiger partial charge in [-0.3, -0.25) is 20.3 Å². The van der Waals surface area contributed by atoms with E-state index in [0.29, 0.717) is 13.1 Å². The molecule has 2 amide bonds. The number of hydrogen-bond donors (Lipinski definition) is 3. The molecule has 16 heavy (non-hydrogen) atoms. The summed E-state index contributed by atoms with van der Waals surface area (Å²) in [5.74, 6) is -0.159.